The highest BCUT2D eigenvalue weighted by atomic mass is 16.5. The summed E-state index contributed by atoms with van der Waals surface area (Å²) in [6, 6.07) is 5.27. The molecule has 0 heterocycles. The quantitative estimate of drug-likeness (QED) is 0.724. The number of urea groups is 1. The van der Waals surface area contributed by atoms with E-state index in [1.807, 2.05) is 45.9 Å². The van der Waals surface area contributed by atoms with Crippen molar-refractivity contribution in [2.75, 3.05) is 18.5 Å². The van der Waals surface area contributed by atoms with Gasteiger partial charge in [-0.05, 0) is 44.9 Å². The third-order valence-electron chi connectivity index (χ3n) is 3.25. The zero-order chi connectivity index (χ0) is 15.9. The van der Waals surface area contributed by atoms with Gasteiger partial charge in [0, 0.05) is 0 Å². The molecule has 5 heteroatoms. The highest BCUT2D eigenvalue weighted by Gasteiger charge is 2.24. The first kappa shape index (κ1) is 17.3. The number of rotatable bonds is 7. The minimum Gasteiger partial charge on any atom is -0.492 e. The van der Waals surface area contributed by atoms with E-state index in [0.29, 0.717) is 24.5 Å². The van der Waals surface area contributed by atoms with Gasteiger partial charge in [0.1, 0.15) is 5.75 Å². The largest absolute Gasteiger partial charge is 0.492 e. The third-order valence-corrected chi connectivity index (χ3v) is 3.25. The van der Waals surface area contributed by atoms with Crippen LogP contribution in [0.5, 0.6) is 5.75 Å². The maximum Gasteiger partial charge on any atom is 0.319 e. The molecule has 1 atom stereocenters. The summed E-state index contributed by atoms with van der Waals surface area (Å²) >= 11 is 0. The fourth-order valence-corrected chi connectivity index (χ4v) is 2.17. The van der Waals surface area contributed by atoms with E-state index in [4.69, 9.17) is 4.74 Å². The fourth-order valence-electron chi connectivity index (χ4n) is 2.17. The van der Waals surface area contributed by atoms with Crippen LogP contribution < -0.4 is 15.4 Å². The molecule has 0 fully saturated rings. The predicted molar refractivity (Wildman–Crippen MR) is 84.9 cm³/mol. The molecule has 21 heavy (non-hydrogen) atoms. The van der Waals surface area contributed by atoms with Crippen LogP contribution in [0.4, 0.5) is 10.5 Å². The second kappa shape index (κ2) is 7.88. The van der Waals surface area contributed by atoms with Gasteiger partial charge in [-0.25, -0.2) is 4.79 Å². The SMILES string of the molecule is CCCC(C)(CO)NC(=O)Nc1ccc(C)cc1OCC. The van der Waals surface area contributed by atoms with Crippen LogP contribution in [0.2, 0.25) is 0 Å². The molecule has 0 aromatic heterocycles. The van der Waals surface area contributed by atoms with Gasteiger partial charge in [-0.3, -0.25) is 0 Å². The van der Waals surface area contributed by atoms with Crippen molar-refractivity contribution in [1.82, 2.24) is 5.32 Å². The number of carbonyl (C=O) groups is 1. The minimum absolute atomic E-state index is 0.0968. The van der Waals surface area contributed by atoms with E-state index in [1.54, 1.807) is 0 Å². The first-order valence-corrected chi connectivity index (χ1v) is 7.37. The summed E-state index contributed by atoms with van der Waals surface area (Å²) in [4.78, 5) is 12.1. The lowest BCUT2D eigenvalue weighted by Crippen LogP contribution is -2.50. The van der Waals surface area contributed by atoms with Gasteiger partial charge in [-0.15, -0.1) is 0 Å². The Morgan fingerprint density at radius 2 is 2.10 bits per heavy atom. The van der Waals surface area contributed by atoms with Crippen molar-refractivity contribution in [2.45, 2.75) is 46.1 Å². The lowest BCUT2D eigenvalue weighted by Gasteiger charge is -2.28. The minimum atomic E-state index is -0.616. The molecule has 1 rings (SSSR count). The number of aryl methyl sites for hydroxylation is 1. The molecule has 0 bridgehead atoms. The monoisotopic (exact) mass is 294 g/mol. The molecular formula is C16H26N2O3. The molecule has 118 valence electrons. The average Bonchev–Trinajstić information content (AvgIpc) is 2.42. The molecule has 1 aromatic rings. The second-order valence-corrected chi connectivity index (χ2v) is 5.48. The van der Waals surface area contributed by atoms with E-state index < -0.39 is 5.54 Å². The molecule has 0 radical (unpaired) electrons. The molecule has 5 nitrogen and oxygen atoms in total. The van der Waals surface area contributed by atoms with Gasteiger partial charge in [0.15, 0.2) is 0 Å². The van der Waals surface area contributed by atoms with Crippen LogP contribution in [-0.4, -0.2) is 29.9 Å². The molecule has 0 saturated heterocycles. The van der Waals surface area contributed by atoms with Crippen molar-refractivity contribution < 1.29 is 14.6 Å². The summed E-state index contributed by atoms with van der Waals surface area (Å²) in [6.07, 6.45) is 1.59. The van der Waals surface area contributed by atoms with Gasteiger partial charge in [0.25, 0.3) is 0 Å². The van der Waals surface area contributed by atoms with E-state index in [9.17, 15) is 9.90 Å². The first-order valence-electron chi connectivity index (χ1n) is 7.37. The number of nitrogens with one attached hydrogen (secondary N) is 2. The van der Waals surface area contributed by atoms with Crippen molar-refractivity contribution >= 4 is 11.7 Å². The Morgan fingerprint density at radius 1 is 1.38 bits per heavy atom. The molecule has 2 amide bonds. The van der Waals surface area contributed by atoms with E-state index in [-0.39, 0.29) is 12.6 Å². The zero-order valence-corrected chi connectivity index (χ0v) is 13.3. The Kier molecular flexibility index (Phi) is 6.49. The van der Waals surface area contributed by atoms with Crippen LogP contribution in [-0.2, 0) is 0 Å². The van der Waals surface area contributed by atoms with Gasteiger partial charge < -0.3 is 20.5 Å². The van der Waals surface area contributed by atoms with Gasteiger partial charge in [0.2, 0.25) is 0 Å². The van der Waals surface area contributed by atoms with Gasteiger partial charge in [-0.1, -0.05) is 19.4 Å². The molecule has 0 aliphatic heterocycles. The summed E-state index contributed by atoms with van der Waals surface area (Å²) in [7, 11) is 0. The standard InChI is InChI=1S/C16H26N2O3/c1-5-9-16(4,11-19)18-15(20)17-13-8-7-12(3)10-14(13)21-6-2/h7-8,10,19H,5-6,9,11H2,1-4H3,(H2,17,18,20). The number of anilines is 1. The van der Waals surface area contributed by atoms with Crippen molar-refractivity contribution in [3.8, 4) is 5.75 Å². The number of benzene rings is 1. The first-order chi connectivity index (χ1) is 9.94. The number of ether oxygens (including phenoxy) is 1. The molecule has 0 aliphatic rings. The predicted octanol–water partition coefficient (Wildman–Crippen LogP) is 3.07. The van der Waals surface area contributed by atoms with Crippen molar-refractivity contribution in [1.29, 1.82) is 0 Å². The van der Waals surface area contributed by atoms with Crippen LogP contribution in [0.15, 0.2) is 18.2 Å². The van der Waals surface area contributed by atoms with Gasteiger partial charge in [-0.2, -0.15) is 0 Å². The maximum atomic E-state index is 12.1. The molecule has 0 aliphatic carbocycles. The smallest absolute Gasteiger partial charge is 0.319 e. The third kappa shape index (κ3) is 5.27. The summed E-state index contributed by atoms with van der Waals surface area (Å²) in [5.74, 6) is 0.647. The summed E-state index contributed by atoms with van der Waals surface area (Å²) in [5, 5.41) is 15.0. The molecule has 0 spiro atoms. The van der Waals surface area contributed by atoms with E-state index in [1.165, 1.54) is 0 Å². The summed E-state index contributed by atoms with van der Waals surface area (Å²) in [5.41, 5.74) is 1.07. The second-order valence-electron chi connectivity index (χ2n) is 5.48. The number of aliphatic hydroxyl groups is 1. The Labute approximate surface area is 126 Å². The summed E-state index contributed by atoms with van der Waals surface area (Å²) in [6.45, 7) is 8.15. The summed E-state index contributed by atoms with van der Waals surface area (Å²) < 4.78 is 5.53. The molecule has 0 saturated carbocycles. The highest BCUT2D eigenvalue weighted by molar-refractivity contribution is 5.91. The average molecular weight is 294 g/mol. The van der Waals surface area contributed by atoms with Crippen LogP contribution in [0.25, 0.3) is 0 Å². The van der Waals surface area contributed by atoms with Gasteiger partial charge >= 0.3 is 6.03 Å². The molecule has 1 aromatic carbocycles. The fraction of sp³-hybridized carbons (Fsp3) is 0.562. The lowest BCUT2D eigenvalue weighted by atomic mass is 9.98. The number of amides is 2. The highest BCUT2D eigenvalue weighted by Crippen LogP contribution is 2.26. The number of aliphatic hydroxyl groups excluding tert-OH is 1. The van der Waals surface area contributed by atoms with Crippen LogP contribution in [0.1, 0.15) is 39.2 Å². The Balaban J connectivity index is 2.78. The number of hydrogen-bond acceptors (Lipinski definition) is 3. The van der Waals surface area contributed by atoms with E-state index >= 15 is 0 Å². The van der Waals surface area contributed by atoms with E-state index in [0.717, 1.165) is 12.0 Å². The van der Waals surface area contributed by atoms with Crippen molar-refractivity contribution in [2.24, 2.45) is 0 Å². The Hall–Kier alpha value is -1.75. The maximum absolute atomic E-state index is 12.1. The number of hydrogen-bond donors (Lipinski definition) is 3. The molecule has 3 N–H and O–H groups in total. The molecule has 1 unspecified atom stereocenters. The van der Waals surface area contributed by atoms with Crippen LogP contribution in [0, 0.1) is 6.92 Å². The van der Waals surface area contributed by atoms with E-state index in [2.05, 4.69) is 10.6 Å². The normalized spacial score (nSPS) is 13.4. The van der Waals surface area contributed by atoms with Crippen LogP contribution in [0.3, 0.4) is 0 Å². The Bertz CT molecular complexity index is 477. The Morgan fingerprint density at radius 3 is 2.67 bits per heavy atom. The number of carbonyl (C=O) groups excluding carboxylic acids is 1. The van der Waals surface area contributed by atoms with Crippen LogP contribution >= 0.6 is 0 Å². The van der Waals surface area contributed by atoms with Crippen molar-refractivity contribution in [3.05, 3.63) is 23.8 Å². The topological polar surface area (TPSA) is 70.6 Å². The lowest BCUT2D eigenvalue weighted by molar-refractivity contribution is 0.167. The van der Waals surface area contributed by atoms with Crippen molar-refractivity contribution in [3.63, 3.8) is 0 Å². The zero-order valence-electron chi connectivity index (χ0n) is 13.3. The molecular weight excluding hydrogens is 268 g/mol. The van der Waals surface area contributed by atoms with Gasteiger partial charge in [0.05, 0.1) is 24.4 Å².